The molecule has 0 spiro atoms. The van der Waals surface area contributed by atoms with Crippen LogP contribution in [-0.4, -0.2) is 32.7 Å². The second kappa shape index (κ2) is 7.91. The number of nitrogens with zero attached hydrogens (tertiary/aromatic N) is 4. The average Bonchev–Trinajstić information content (AvgIpc) is 3.26. The van der Waals surface area contributed by atoms with Crippen molar-refractivity contribution in [1.82, 2.24) is 19.5 Å². The van der Waals surface area contributed by atoms with E-state index < -0.39 is 23.1 Å². The molecule has 0 bridgehead atoms. The summed E-state index contributed by atoms with van der Waals surface area (Å²) in [4.78, 5) is 12.8. The maximum Gasteiger partial charge on any atom is 0.210 e. The molecule has 1 aromatic carbocycles. The molecule has 3 heterocycles. The first-order chi connectivity index (χ1) is 13.0. The third-order valence-corrected chi connectivity index (χ3v) is 4.07. The van der Waals surface area contributed by atoms with Crippen LogP contribution in [0.1, 0.15) is 32.1 Å². The third-order valence-electron chi connectivity index (χ3n) is 4.07. The average molecular weight is 379 g/mol. The molecule has 0 saturated carbocycles. The molecule has 1 N–H and O–H groups in total. The number of benzene rings is 1. The van der Waals surface area contributed by atoms with Crippen LogP contribution in [0.3, 0.4) is 0 Å². The largest absolute Gasteiger partial charge is 0.379 e. The van der Waals surface area contributed by atoms with Gasteiger partial charge in [-0.15, -0.1) is 0 Å². The molecule has 27 heavy (non-hydrogen) atoms. The van der Waals surface area contributed by atoms with E-state index in [1.54, 1.807) is 17.7 Å². The van der Waals surface area contributed by atoms with Gasteiger partial charge in [0.1, 0.15) is 22.8 Å². The van der Waals surface area contributed by atoms with Crippen LogP contribution >= 0.6 is 0 Å². The summed E-state index contributed by atoms with van der Waals surface area (Å²) in [6.45, 7) is 6.76. The highest BCUT2D eigenvalue weighted by Gasteiger charge is 2.25. The van der Waals surface area contributed by atoms with Gasteiger partial charge in [-0.1, -0.05) is 13.8 Å². The van der Waals surface area contributed by atoms with Gasteiger partial charge in [-0.05, 0) is 13.3 Å². The maximum atomic E-state index is 14.0. The third kappa shape index (κ3) is 3.73. The van der Waals surface area contributed by atoms with Gasteiger partial charge in [0.05, 0.1) is 18.8 Å². The van der Waals surface area contributed by atoms with Gasteiger partial charge in [0.25, 0.3) is 0 Å². The highest BCUT2D eigenvalue weighted by atomic mass is 19.1. The normalized spacial score (nSPS) is 16.3. The highest BCUT2D eigenvalue weighted by molar-refractivity contribution is 5.75. The van der Waals surface area contributed by atoms with Gasteiger partial charge in [0, 0.05) is 18.7 Å². The minimum absolute atomic E-state index is 0.0756. The Kier molecular flexibility index (Phi) is 5.59. The van der Waals surface area contributed by atoms with Crippen molar-refractivity contribution in [2.75, 3.05) is 18.5 Å². The number of rotatable bonds is 3. The van der Waals surface area contributed by atoms with Crippen LogP contribution in [0.5, 0.6) is 0 Å². The van der Waals surface area contributed by atoms with Gasteiger partial charge in [0.15, 0.2) is 17.3 Å². The topological polar surface area (TPSA) is 64.9 Å². The molecular weight excluding hydrogens is 359 g/mol. The number of hydrogen-bond acceptors (Lipinski definition) is 5. The molecule has 1 unspecified atom stereocenters. The van der Waals surface area contributed by atoms with E-state index in [9.17, 15) is 13.2 Å². The molecule has 6 nitrogen and oxygen atoms in total. The SMILES string of the molecule is CC.Cc1ncc2nc(Nc3c(F)cc(F)cc3F)n(C3CCOC3)c2n1. The molecule has 4 rings (SSSR count). The van der Waals surface area contributed by atoms with E-state index in [4.69, 9.17) is 4.74 Å². The zero-order chi connectivity index (χ0) is 19.6. The molecular formula is C18H20F3N5O. The van der Waals surface area contributed by atoms with E-state index in [-0.39, 0.29) is 12.0 Å². The first-order valence-electron chi connectivity index (χ1n) is 8.74. The summed E-state index contributed by atoms with van der Waals surface area (Å²) in [5.74, 6) is -2.31. The summed E-state index contributed by atoms with van der Waals surface area (Å²) < 4.78 is 48.3. The van der Waals surface area contributed by atoms with E-state index in [1.807, 2.05) is 13.8 Å². The molecule has 2 aromatic heterocycles. The lowest BCUT2D eigenvalue weighted by Gasteiger charge is -2.16. The van der Waals surface area contributed by atoms with Crippen LogP contribution in [0.15, 0.2) is 18.3 Å². The van der Waals surface area contributed by atoms with Crippen LogP contribution in [-0.2, 0) is 4.74 Å². The number of nitrogens with one attached hydrogen (secondary N) is 1. The summed E-state index contributed by atoms with van der Waals surface area (Å²) in [5.41, 5.74) is 0.568. The molecule has 0 amide bonds. The Balaban J connectivity index is 0.00000102. The van der Waals surface area contributed by atoms with Gasteiger partial charge >= 0.3 is 0 Å². The summed E-state index contributed by atoms with van der Waals surface area (Å²) in [7, 11) is 0. The Hall–Kier alpha value is -2.68. The van der Waals surface area contributed by atoms with Crippen LogP contribution in [0, 0.1) is 24.4 Å². The lowest BCUT2D eigenvalue weighted by molar-refractivity contribution is 0.187. The van der Waals surface area contributed by atoms with Gasteiger partial charge in [-0.3, -0.25) is 4.57 Å². The van der Waals surface area contributed by atoms with Crippen LogP contribution in [0.25, 0.3) is 11.2 Å². The smallest absolute Gasteiger partial charge is 0.210 e. The molecule has 1 aliphatic rings. The molecule has 1 saturated heterocycles. The number of imidazole rings is 1. The molecule has 1 aliphatic heterocycles. The van der Waals surface area contributed by atoms with E-state index in [1.165, 1.54) is 0 Å². The molecule has 144 valence electrons. The molecule has 0 aliphatic carbocycles. The number of halogens is 3. The van der Waals surface area contributed by atoms with Crippen molar-refractivity contribution >= 4 is 22.8 Å². The molecule has 0 radical (unpaired) electrons. The second-order valence-corrected chi connectivity index (χ2v) is 5.82. The van der Waals surface area contributed by atoms with Crippen molar-refractivity contribution in [2.24, 2.45) is 0 Å². The number of hydrogen-bond donors (Lipinski definition) is 1. The zero-order valence-corrected chi connectivity index (χ0v) is 15.3. The fourth-order valence-electron chi connectivity index (χ4n) is 2.91. The lowest BCUT2D eigenvalue weighted by Crippen LogP contribution is -2.13. The number of ether oxygens (including phenoxy) is 1. The van der Waals surface area contributed by atoms with E-state index in [0.29, 0.717) is 42.3 Å². The van der Waals surface area contributed by atoms with Crippen LogP contribution < -0.4 is 5.32 Å². The predicted octanol–water partition coefficient (Wildman–Crippen LogP) is 4.28. The Labute approximate surface area is 154 Å². The Morgan fingerprint density at radius 2 is 1.85 bits per heavy atom. The van der Waals surface area contributed by atoms with Crippen LogP contribution in [0.2, 0.25) is 0 Å². The number of aromatic nitrogens is 4. The van der Waals surface area contributed by atoms with Crippen molar-refractivity contribution in [3.8, 4) is 0 Å². The van der Waals surface area contributed by atoms with E-state index in [2.05, 4.69) is 20.3 Å². The predicted molar refractivity (Wildman–Crippen MR) is 95.5 cm³/mol. The fourth-order valence-corrected chi connectivity index (χ4v) is 2.91. The standard InChI is InChI=1S/C16H14F3N5O.C2H6/c1-8-20-6-13-15(21-8)24(10-2-3-25-7-10)16(22-13)23-14-11(18)4-9(17)5-12(14)19;1-2/h4-6,10H,2-3,7H2,1H3,(H,22,23);1-2H3. The molecule has 3 aromatic rings. The van der Waals surface area contributed by atoms with Gasteiger partial charge < -0.3 is 10.1 Å². The van der Waals surface area contributed by atoms with E-state index in [0.717, 1.165) is 6.42 Å². The number of fused-ring (bicyclic) bond motifs is 1. The van der Waals surface area contributed by atoms with Crippen molar-refractivity contribution in [3.63, 3.8) is 0 Å². The van der Waals surface area contributed by atoms with Crippen molar-refractivity contribution < 1.29 is 17.9 Å². The lowest BCUT2D eigenvalue weighted by atomic mass is 10.2. The van der Waals surface area contributed by atoms with Gasteiger partial charge in [-0.2, -0.15) is 0 Å². The van der Waals surface area contributed by atoms with Crippen molar-refractivity contribution in [3.05, 3.63) is 41.6 Å². The fraction of sp³-hybridized carbons (Fsp3) is 0.389. The maximum absolute atomic E-state index is 14.0. The molecule has 1 atom stereocenters. The van der Waals surface area contributed by atoms with Gasteiger partial charge in [0.2, 0.25) is 5.95 Å². The molecule has 9 heteroatoms. The first-order valence-corrected chi connectivity index (χ1v) is 8.74. The Bertz CT molecular complexity index is 931. The Morgan fingerprint density at radius 3 is 2.48 bits per heavy atom. The molecule has 1 fully saturated rings. The van der Waals surface area contributed by atoms with Crippen LogP contribution in [0.4, 0.5) is 24.8 Å². The zero-order valence-electron chi connectivity index (χ0n) is 15.3. The number of anilines is 2. The second-order valence-electron chi connectivity index (χ2n) is 5.82. The summed E-state index contributed by atoms with van der Waals surface area (Å²) in [6.07, 6.45) is 2.27. The monoisotopic (exact) mass is 379 g/mol. The summed E-state index contributed by atoms with van der Waals surface area (Å²) in [6, 6.07) is 1.15. The van der Waals surface area contributed by atoms with Gasteiger partial charge in [-0.25, -0.2) is 28.1 Å². The number of aryl methyl sites for hydroxylation is 1. The first kappa shape index (κ1) is 19.1. The quantitative estimate of drug-likeness (QED) is 0.736. The van der Waals surface area contributed by atoms with Crippen molar-refractivity contribution in [1.29, 1.82) is 0 Å². The minimum atomic E-state index is -1.04. The minimum Gasteiger partial charge on any atom is -0.379 e. The summed E-state index contributed by atoms with van der Waals surface area (Å²) >= 11 is 0. The van der Waals surface area contributed by atoms with Crippen molar-refractivity contribution in [2.45, 2.75) is 33.2 Å². The van der Waals surface area contributed by atoms with E-state index >= 15 is 0 Å². The Morgan fingerprint density at radius 1 is 1.15 bits per heavy atom. The highest BCUT2D eigenvalue weighted by Crippen LogP contribution is 2.31. The summed E-state index contributed by atoms with van der Waals surface area (Å²) in [5, 5.41) is 2.63.